The third-order valence-corrected chi connectivity index (χ3v) is 8.81. The molecule has 184 valence electrons. The van der Waals surface area contributed by atoms with E-state index in [-0.39, 0.29) is 23.8 Å². The summed E-state index contributed by atoms with van der Waals surface area (Å²) in [6, 6.07) is 15.4. The maximum absolute atomic E-state index is 13.7. The average molecular weight is 495 g/mol. The highest BCUT2D eigenvalue weighted by Gasteiger charge is 2.53. The monoisotopic (exact) mass is 494 g/mol. The van der Waals surface area contributed by atoms with E-state index in [1.165, 1.54) is 16.7 Å². The Morgan fingerprint density at radius 2 is 1.71 bits per heavy atom. The van der Waals surface area contributed by atoms with Crippen LogP contribution in [0.1, 0.15) is 56.1 Å². The summed E-state index contributed by atoms with van der Waals surface area (Å²) in [6.45, 7) is 2.19. The fourth-order valence-electron chi connectivity index (χ4n) is 5.50. The van der Waals surface area contributed by atoms with Gasteiger partial charge in [-0.25, -0.2) is 9.59 Å². The van der Waals surface area contributed by atoms with Crippen molar-refractivity contribution in [2.24, 2.45) is 0 Å². The molecule has 2 aliphatic carbocycles. The van der Waals surface area contributed by atoms with Crippen molar-refractivity contribution in [3.05, 3.63) is 59.7 Å². The Hall–Kier alpha value is -3.00. The van der Waals surface area contributed by atoms with Crippen LogP contribution in [0.15, 0.2) is 48.5 Å². The van der Waals surface area contributed by atoms with Crippen molar-refractivity contribution < 1.29 is 24.2 Å². The molecule has 2 fully saturated rings. The molecular formula is C27H30N2O5S. The molecule has 1 saturated carbocycles. The van der Waals surface area contributed by atoms with Gasteiger partial charge in [-0.05, 0) is 47.9 Å². The van der Waals surface area contributed by atoms with E-state index >= 15 is 0 Å². The Bertz CT molecular complexity index is 1100. The number of amides is 2. The molecule has 2 amide bonds. The number of rotatable bonds is 7. The SMILES string of the molecule is CCCC1SCC(C(=O)O)N1C(=O)C1(NC(=O)OCC2c3ccccc3-c3ccccc32)CCC1. The van der Waals surface area contributed by atoms with Gasteiger partial charge in [-0.2, -0.15) is 0 Å². The van der Waals surface area contributed by atoms with Gasteiger partial charge in [0.2, 0.25) is 5.91 Å². The molecule has 2 aromatic carbocycles. The molecule has 35 heavy (non-hydrogen) atoms. The first kappa shape index (κ1) is 23.7. The Balaban J connectivity index is 1.30. The fraction of sp³-hybridized carbons (Fsp3) is 0.444. The quantitative estimate of drug-likeness (QED) is 0.584. The van der Waals surface area contributed by atoms with Crippen molar-refractivity contribution in [2.45, 2.75) is 61.9 Å². The van der Waals surface area contributed by atoms with Gasteiger partial charge in [0.25, 0.3) is 0 Å². The molecule has 8 heteroatoms. The first-order chi connectivity index (χ1) is 16.9. The van der Waals surface area contributed by atoms with Gasteiger partial charge in [-0.3, -0.25) is 4.79 Å². The Morgan fingerprint density at radius 3 is 2.26 bits per heavy atom. The van der Waals surface area contributed by atoms with Crippen LogP contribution < -0.4 is 5.32 Å². The highest BCUT2D eigenvalue weighted by molar-refractivity contribution is 8.00. The minimum absolute atomic E-state index is 0.0681. The standard InChI is InChI=1S/C27H30N2O5S/c1-2-8-23-29(22(16-35-23)24(30)31)25(32)27(13-7-14-27)28-26(33)34-15-21-19-11-5-3-9-17(19)18-10-4-6-12-20(18)21/h3-6,9-12,21-23H,2,7-8,13-16H2,1H3,(H,28,33)(H,30,31). The molecule has 2 atom stereocenters. The lowest BCUT2D eigenvalue weighted by Gasteiger charge is -2.44. The van der Waals surface area contributed by atoms with Crippen LogP contribution in [0.25, 0.3) is 11.1 Å². The number of nitrogens with one attached hydrogen (secondary N) is 1. The van der Waals surface area contributed by atoms with E-state index in [1.807, 2.05) is 31.2 Å². The molecule has 2 aromatic rings. The molecule has 2 unspecified atom stereocenters. The van der Waals surface area contributed by atoms with Crippen LogP contribution in [-0.2, 0) is 14.3 Å². The van der Waals surface area contributed by atoms with Crippen molar-refractivity contribution in [3.8, 4) is 11.1 Å². The fourth-order valence-corrected chi connectivity index (χ4v) is 7.01. The zero-order valence-electron chi connectivity index (χ0n) is 19.7. The third kappa shape index (κ3) is 4.18. The van der Waals surface area contributed by atoms with Crippen molar-refractivity contribution in [2.75, 3.05) is 12.4 Å². The van der Waals surface area contributed by atoms with E-state index in [9.17, 15) is 19.5 Å². The van der Waals surface area contributed by atoms with Crippen molar-refractivity contribution >= 4 is 29.7 Å². The number of fused-ring (bicyclic) bond motifs is 3. The zero-order valence-corrected chi connectivity index (χ0v) is 20.6. The number of benzene rings is 2. The summed E-state index contributed by atoms with van der Waals surface area (Å²) in [5.41, 5.74) is 3.45. The molecule has 7 nitrogen and oxygen atoms in total. The van der Waals surface area contributed by atoms with E-state index in [0.717, 1.165) is 41.5 Å². The van der Waals surface area contributed by atoms with Crippen LogP contribution in [-0.4, -0.2) is 57.3 Å². The number of carboxylic acid groups (broad SMARTS) is 1. The van der Waals surface area contributed by atoms with Crippen LogP contribution in [0.5, 0.6) is 0 Å². The number of carbonyl (C=O) groups excluding carboxylic acids is 2. The molecule has 1 aliphatic heterocycles. The number of ether oxygens (including phenoxy) is 1. The average Bonchev–Trinajstić information content (AvgIpc) is 3.39. The summed E-state index contributed by atoms with van der Waals surface area (Å²) in [7, 11) is 0. The second kappa shape index (κ2) is 9.57. The normalized spacial score (nSPS) is 22.1. The van der Waals surface area contributed by atoms with Crippen molar-refractivity contribution in [1.82, 2.24) is 10.2 Å². The number of hydrogen-bond acceptors (Lipinski definition) is 5. The first-order valence-corrected chi connectivity index (χ1v) is 13.3. The van der Waals surface area contributed by atoms with E-state index in [0.29, 0.717) is 18.6 Å². The molecule has 0 radical (unpaired) electrons. The number of aliphatic carboxylic acids is 1. The topological polar surface area (TPSA) is 95.9 Å². The summed E-state index contributed by atoms with van der Waals surface area (Å²) in [5.74, 6) is -0.998. The molecule has 1 saturated heterocycles. The lowest BCUT2D eigenvalue weighted by Crippen LogP contribution is -2.66. The number of hydrogen-bond donors (Lipinski definition) is 2. The van der Waals surface area contributed by atoms with Crippen molar-refractivity contribution in [1.29, 1.82) is 0 Å². The largest absolute Gasteiger partial charge is 0.480 e. The third-order valence-electron chi connectivity index (χ3n) is 7.45. The number of alkyl carbamates (subject to hydrolysis) is 1. The smallest absolute Gasteiger partial charge is 0.408 e. The second-order valence-electron chi connectivity index (χ2n) is 9.53. The summed E-state index contributed by atoms with van der Waals surface area (Å²) < 4.78 is 5.69. The molecular weight excluding hydrogens is 464 g/mol. The van der Waals surface area contributed by atoms with Crippen LogP contribution >= 0.6 is 11.8 Å². The number of carbonyl (C=O) groups is 3. The van der Waals surface area contributed by atoms with Crippen molar-refractivity contribution in [3.63, 3.8) is 0 Å². The predicted molar refractivity (Wildman–Crippen MR) is 134 cm³/mol. The highest BCUT2D eigenvalue weighted by Crippen LogP contribution is 2.45. The van der Waals surface area contributed by atoms with Gasteiger partial charge in [-0.15, -0.1) is 11.8 Å². The van der Waals surface area contributed by atoms with Gasteiger partial charge in [-0.1, -0.05) is 61.9 Å². The zero-order chi connectivity index (χ0) is 24.6. The molecule has 5 rings (SSSR count). The summed E-state index contributed by atoms with van der Waals surface area (Å²) >= 11 is 1.50. The van der Waals surface area contributed by atoms with E-state index in [1.54, 1.807) is 0 Å². The van der Waals surface area contributed by atoms with Gasteiger partial charge in [0.15, 0.2) is 0 Å². The Morgan fingerprint density at radius 1 is 1.09 bits per heavy atom. The molecule has 0 spiro atoms. The molecule has 0 aromatic heterocycles. The maximum atomic E-state index is 13.7. The number of carboxylic acids is 1. The minimum atomic E-state index is -1.09. The molecule has 0 bridgehead atoms. The lowest BCUT2D eigenvalue weighted by molar-refractivity contribution is -0.154. The minimum Gasteiger partial charge on any atom is -0.480 e. The molecule has 1 heterocycles. The number of nitrogens with zero attached hydrogens (tertiary/aromatic N) is 1. The Kier molecular flexibility index (Phi) is 6.49. The lowest BCUT2D eigenvalue weighted by atomic mass is 9.75. The van der Waals surface area contributed by atoms with E-state index in [4.69, 9.17) is 4.74 Å². The summed E-state index contributed by atoms with van der Waals surface area (Å²) in [4.78, 5) is 40.0. The van der Waals surface area contributed by atoms with Crippen LogP contribution in [0.3, 0.4) is 0 Å². The molecule has 2 N–H and O–H groups in total. The van der Waals surface area contributed by atoms with Crippen LogP contribution in [0, 0.1) is 0 Å². The maximum Gasteiger partial charge on any atom is 0.408 e. The van der Waals surface area contributed by atoms with Gasteiger partial charge < -0.3 is 20.1 Å². The summed E-state index contributed by atoms with van der Waals surface area (Å²) in [5, 5.41) is 12.4. The molecule has 3 aliphatic rings. The Labute approximate surface area is 209 Å². The van der Waals surface area contributed by atoms with Gasteiger partial charge in [0.05, 0.1) is 5.37 Å². The summed E-state index contributed by atoms with van der Waals surface area (Å²) in [6.07, 6.45) is 2.71. The number of thioether (sulfide) groups is 1. The van der Waals surface area contributed by atoms with Gasteiger partial charge >= 0.3 is 12.1 Å². The van der Waals surface area contributed by atoms with E-state index < -0.39 is 23.6 Å². The predicted octanol–water partition coefficient (Wildman–Crippen LogP) is 4.60. The van der Waals surface area contributed by atoms with Gasteiger partial charge in [0.1, 0.15) is 18.2 Å². The van der Waals surface area contributed by atoms with E-state index in [2.05, 4.69) is 29.6 Å². The van der Waals surface area contributed by atoms with Crippen LogP contribution in [0.4, 0.5) is 4.79 Å². The van der Waals surface area contributed by atoms with Crippen LogP contribution in [0.2, 0.25) is 0 Å². The highest BCUT2D eigenvalue weighted by atomic mass is 32.2. The van der Waals surface area contributed by atoms with Gasteiger partial charge in [0, 0.05) is 11.7 Å². The second-order valence-corrected chi connectivity index (χ2v) is 10.7. The first-order valence-electron chi connectivity index (χ1n) is 12.3.